The molecule has 0 N–H and O–H groups in total. The van der Waals surface area contributed by atoms with Gasteiger partial charge in [0.1, 0.15) is 5.71 Å². The van der Waals surface area contributed by atoms with Crippen molar-refractivity contribution >= 4 is 18.3 Å². The van der Waals surface area contributed by atoms with Crippen LogP contribution in [0.5, 0.6) is 0 Å². The van der Waals surface area contributed by atoms with E-state index in [0.29, 0.717) is 22.8 Å². The Morgan fingerprint density at radius 2 is 1.60 bits per heavy atom. The molecule has 2 aliphatic rings. The number of hydrogen-bond donors (Lipinski definition) is 0. The molecule has 4 heterocycles. The molecule has 7 heteroatoms. The number of halogens is 2. The van der Waals surface area contributed by atoms with E-state index in [0.717, 1.165) is 57.6 Å². The van der Waals surface area contributed by atoms with Gasteiger partial charge in [-0.05, 0) is 64.3 Å². The third-order valence-corrected chi connectivity index (χ3v) is 7.25. The summed E-state index contributed by atoms with van der Waals surface area (Å²) in [6.45, 7) is 11.7. The Hall–Kier alpha value is -2.44. The third kappa shape index (κ3) is 2.32. The van der Waals surface area contributed by atoms with Gasteiger partial charge in [0.15, 0.2) is 5.70 Å². The molecule has 0 fully saturated rings. The molecule has 0 amide bonds. The standard InChI is InChI=1S/C23H31BF2N4/c1-10-18-12(3)22-21(20-14(5)27-28(9)17(20)8)23-13(4)19(11-2)16(7)30(23)24(25,26)29(22)15(18)6/h10-11H2,1-9H3. The van der Waals surface area contributed by atoms with Crippen LogP contribution in [0.4, 0.5) is 8.63 Å². The second-order valence-electron chi connectivity index (χ2n) is 8.65. The van der Waals surface area contributed by atoms with Gasteiger partial charge < -0.3 is 17.6 Å². The van der Waals surface area contributed by atoms with Crippen LogP contribution in [-0.2, 0) is 13.5 Å². The Labute approximate surface area is 177 Å². The molecule has 2 aliphatic heterocycles. The van der Waals surface area contributed by atoms with E-state index in [4.69, 9.17) is 0 Å². The van der Waals surface area contributed by atoms with Crippen molar-refractivity contribution in [1.82, 2.24) is 14.3 Å². The molecule has 0 radical (unpaired) electrons. The van der Waals surface area contributed by atoms with E-state index in [-0.39, 0.29) is 0 Å². The molecule has 0 unspecified atom stereocenters. The van der Waals surface area contributed by atoms with E-state index in [1.165, 1.54) is 8.96 Å². The number of fused-ring (bicyclic) bond motifs is 2. The van der Waals surface area contributed by atoms with Crippen LogP contribution in [0.25, 0.3) is 5.57 Å². The van der Waals surface area contributed by atoms with Crippen LogP contribution in [0.3, 0.4) is 0 Å². The van der Waals surface area contributed by atoms with Gasteiger partial charge in [-0.1, -0.05) is 13.8 Å². The molecular weight excluding hydrogens is 381 g/mol. The second kappa shape index (κ2) is 6.53. The number of aromatic nitrogens is 3. The fourth-order valence-corrected chi connectivity index (χ4v) is 5.85. The van der Waals surface area contributed by atoms with Crippen LogP contribution >= 0.6 is 0 Å². The number of aryl methyl sites for hydroxylation is 2. The molecule has 0 aromatic carbocycles. The fraction of sp³-hybridized carbons (Fsp3) is 0.478. The maximum absolute atomic E-state index is 16.2. The van der Waals surface area contributed by atoms with Gasteiger partial charge in [0, 0.05) is 42.1 Å². The van der Waals surface area contributed by atoms with E-state index in [9.17, 15) is 0 Å². The highest BCUT2D eigenvalue weighted by atomic mass is 19.2. The quantitative estimate of drug-likeness (QED) is 0.635. The van der Waals surface area contributed by atoms with Crippen LogP contribution in [0, 0.1) is 27.7 Å². The molecule has 30 heavy (non-hydrogen) atoms. The maximum atomic E-state index is 16.2. The van der Waals surface area contributed by atoms with Crippen LogP contribution in [0.2, 0.25) is 0 Å². The summed E-state index contributed by atoms with van der Waals surface area (Å²) in [6, 6.07) is 0. The van der Waals surface area contributed by atoms with E-state index < -0.39 is 6.97 Å². The highest BCUT2D eigenvalue weighted by molar-refractivity contribution is 6.58. The average Bonchev–Trinajstić information content (AvgIpc) is 3.18. The predicted molar refractivity (Wildman–Crippen MR) is 119 cm³/mol. The Morgan fingerprint density at radius 1 is 0.967 bits per heavy atom. The van der Waals surface area contributed by atoms with Gasteiger partial charge >= 0.3 is 6.97 Å². The zero-order chi connectivity index (χ0) is 22.3. The lowest BCUT2D eigenvalue weighted by Crippen LogP contribution is -2.51. The average molecular weight is 412 g/mol. The van der Waals surface area contributed by atoms with Crippen molar-refractivity contribution in [1.29, 1.82) is 0 Å². The van der Waals surface area contributed by atoms with Gasteiger partial charge in [-0.25, -0.2) is 0 Å². The first kappa shape index (κ1) is 20.8. The van der Waals surface area contributed by atoms with Gasteiger partial charge in [0.2, 0.25) is 0 Å². The third-order valence-electron chi connectivity index (χ3n) is 7.25. The molecule has 0 saturated carbocycles. The summed E-state index contributed by atoms with van der Waals surface area (Å²) in [7, 11) is 1.91. The van der Waals surface area contributed by atoms with Crippen molar-refractivity contribution in [3.63, 3.8) is 0 Å². The first-order valence-corrected chi connectivity index (χ1v) is 10.8. The van der Waals surface area contributed by atoms with E-state index in [1.54, 1.807) is 0 Å². The Bertz CT molecular complexity index is 1200. The van der Waals surface area contributed by atoms with Gasteiger partial charge in [-0.15, -0.1) is 0 Å². The largest absolute Gasteiger partial charge is 0.737 e. The molecule has 4 rings (SSSR count). The predicted octanol–water partition coefficient (Wildman–Crippen LogP) is 5.23. The molecule has 2 aromatic rings. The summed E-state index contributed by atoms with van der Waals surface area (Å²) in [5.74, 6) is 0. The van der Waals surface area contributed by atoms with Crippen molar-refractivity contribution in [2.75, 3.05) is 0 Å². The number of allylic oxidation sites excluding steroid dienone is 2. The van der Waals surface area contributed by atoms with Gasteiger partial charge in [-0.2, -0.15) is 5.10 Å². The zero-order valence-corrected chi connectivity index (χ0v) is 19.5. The molecule has 0 spiro atoms. The summed E-state index contributed by atoms with van der Waals surface area (Å²) < 4.78 is 36.9. The van der Waals surface area contributed by atoms with Crippen LogP contribution in [-0.4, -0.2) is 31.4 Å². The summed E-state index contributed by atoms with van der Waals surface area (Å²) in [5, 5.41) is 4.62. The lowest BCUT2D eigenvalue weighted by molar-refractivity contribution is -0.363. The van der Waals surface area contributed by atoms with Gasteiger partial charge in [0.25, 0.3) is 0 Å². The summed E-state index contributed by atoms with van der Waals surface area (Å²) in [6.07, 6.45) is 1.46. The zero-order valence-electron chi connectivity index (χ0n) is 19.5. The maximum Gasteiger partial charge on any atom is 0.737 e. The Balaban J connectivity index is 2.29. The van der Waals surface area contributed by atoms with Crippen molar-refractivity contribution in [3.8, 4) is 0 Å². The lowest BCUT2D eigenvalue weighted by Gasteiger charge is -2.34. The highest BCUT2D eigenvalue weighted by Gasteiger charge is 2.57. The second-order valence-corrected chi connectivity index (χ2v) is 8.65. The summed E-state index contributed by atoms with van der Waals surface area (Å²) >= 11 is 0. The lowest BCUT2D eigenvalue weighted by atomic mass is 9.83. The van der Waals surface area contributed by atoms with Gasteiger partial charge in [0.05, 0.1) is 11.3 Å². The first-order chi connectivity index (χ1) is 14.0. The number of rotatable bonds is 3. The van der Waals surface area contributed by atoms with Gasteiger partial charge in [-0.3, -0.25) is 4.68 Å². The number of nitrogens with zero attached hydrogens (tertiary/aromatic N) is 4. The van der Waals surface area contributed by atoms with Crippen molar-refractivity contribution in [2.24, 2.45) is 7.05 Å². The normalized spacial score (nSPS) is 18.0. The molecule has 0 atom stereocenters. The minimum absolute atomic E-state index is 0.657. The smallest absolute Gasteiger partial charge is 0.393 e. The Kier molecular flexibility index (Phi) is 4.53. The minimum atomic E-state index is -3.99. The van der Waals surface area contributed by atoms with E-state index >= 15 is 8.63 Å². The van der Waals surface area contributed by atoms with Crippen LogP contribution in [0.1, 0.15) is 73.6 Å². The molecule has 160 valence electrons. The minimum Gasteiger partial charge on any atom is -0.393 e. The number of hydrogen-bond acceptors (Lipinski definition) is 1. The SMILES string of the molecule is CCC1=C(C)C2=C(c3c(C)nn(C)c3C)c3c(C)c(CC)c(C)n3[B-](F)(F)[N+]2=C1C. The van der Waals surface area contributed by atoms with E-state index in [1.807, 2.05) is 67.1 Å². The molecule has 0 saturated heterocycles. The molecular formula is C23H31BF2N4. The van der Waals surface area contributed by atoms with Crippen molar-refractivity contribution in [3.05, 3.63) is 56.3 Å². The van der Waals surface area contributed by atoms with E-state index in [2.05, 4.69) is 5.10 Å². The Morgan fingerprint density at radius 3 is 2.10 bits per heavy atom. The van der Waals surface area contributed by atoms with Crippen LogP contribution < -0.4 is 0 Å². The molecule has 0 aliphatic carbocycles. The first-order valence-electron chi connectivity index (χ1n) is 10.8. The highest BCUT2D eigenvalue weighted by Crippen LogP contribution is 2.48. The fourth-order valence-electron chi connectivity index (χ4n) is 5.85. The van der Waals surface area contributed by atoms with Crippen molar-refractivity contribution in [2.45, 2.75) is 68.2 Å². The van der Waals surface area contributed by atoms with Crippen molar-refractivity contribution < 1.29 is 13.1 Å². The molecule has 0 bridgehead atoms. The molecule has 4 nitrogen and oxygen atoms in total. The summed E-state index contributed by atoms with van der Waals surface area (Å²) in [4.78, 5) is 0. The summed E-state index contributed by atoms with van der Waals surface area (Å²) in [5.41, 5.74) is 10.3. The molecule has 2 aromatic heterocycles. The van der Waals surface area contributed by atoms with Crippen LogP contribution in [0.15, 0.2) is 16.8 Å². The topological polar surface area (TPSA) is 25.8 Å². The monoisotopic (exact) mass is 412 g/mol.